The molecule has 0 unspecified atom stereocenters. The Labute approximate surface area is 69.6 Å². The molecule has 0 saturated heterocycles. The molecule has 0 aromatic heterocycles. The Morgan fingerprint density at radius 2 is 1.36 bits per heavy atom. The monoisotopic (exact) mass is 148 g/mol. The first kappa shape index (κ1) is 9.96. The van der Waals surface area contributed by atoms with Gasteiger partial charge in [0.1, 0.15) is 0 Å². The van der Waals surface area contributed by atoms with E-state index in [0.29, 0.717) is 0 Å². The van der Waals surface area contributed by atoms with Crippen LogP contribution < -0.4 is 0 Å². The molecule has 0 nitrogen and oxygen atoms in total. The highest BCUT2D eigenvalue weighted by Gasteiger charge is 1.62. The molecular weight excluding hydrogens is 132 g/mol. The summed E-state index contributed by atoms with van der Waals surface area (Å²) >= 11 is 0. The summed E-state index contributed by atoms with van der Waals surface area (Å²) in [7, 11) is 0. The molecule has 0 radical (unpaired) electrons. The first-order valence-electron chi connectivity index (χ1n) is 4.03. The van der Waals surface area contributed by atoms with Crippen molar-refractivity contribution in [2.24, 2.45) is 0 Å². The van der Waals surface area contributed by atoms with Crippen LogP contribution in [0.25, 0.3) is 0 Å². The minimum Gasteiger partial charge on any atom is -0.0877 e. The summed E-state index contributed by atoms with van der Waals surface area (Å²) in [5, 5.41) is 0. The molecule has 0 aliphatic rings. The van der Waals surface area contributed by atoms with Gasteiger partial charge in [-0.05, 0) is 13.3 Å². The Balaban J connectivity index is 3.51. The van der Waals surface area contributed by atoms with Gasteiger partial charge in [-0.2, -0.15) is 0 Å². The van der Waals surface area contributed by atoms with Gasteiger partial charge in [0.15, 0.2) is 0 Å². The third kappa shape index (κ3) is 8.96. The average molecular weight is 148 g/mol. The van der Waals surface area contributed by atoms with Crippen LogP contribution >= 0.6 is 0 Å². The van der Waals surface area contributed by atoms with Crippen molar-refractivity contribution >= 4 is 0 Å². The van der Waals surface area contributed by atoms with E-state index in [0.717, 1.165) is 6.42 Å². The number of hydrogen-bond donors (Lipinski definition) is 0. The molecule has 0 aliphatic heterocycles. The predicted molar refractivity (Wildman–Crippen MR) is 52.5 cm³/mol. The van der Waals surface area contributed by atoms with Gasteiger partial charge in [0.25, 0.3) is 0 Å². The van der Waals surface area contributed by atoms with Gasteiger partial charge in [-0.25, -0.2) is 0 Å². The van der Waals surface area contributed by atoms with Crippen molar-refractivity contribution < 1.29 is 0 Å². The number of rotatable bonds is 4. The Bertz CT molecular complexity index is 168. The van der Waals surface area contributed by atoms with Crippen LogP contribution in [0.4, 0.5) is 0 Å². The first-order chi connectivity index (χ1) is 5.41. The fourth-order valence-electron chi connectivity index (χ4n) is 0.582. The van der Waals surface area contributed by atoms with Crippen molar-refractivity contribution in [3.63, 3.8) is 0 Å². The van der Waals surface area contributed by atoms with Crippen molar-refractivity contribution in [3.05, 3.63) is 48.6 Å². The van der Waals surface area contributed by atoms with Gasteiger partial charge in [0.2, 0.25) is 0 Å². The van der Waals surface area contributed by atoms with E-state index in [9.17, 15) is 0 Å². The molecule has 0 spiro atoms. The highest BCUT2D eigenvalue weighted by atomic mass is 13.7. The van der Waals surface area contributed by atoms with Gasteiger partial charge in [-0.1, -0.05) is 55.5 Å². The van der Waals surface area contributed by atoms with Crippen LogP contribution in [0.15, 0.2) is 48.6 Å². The van der Waals surface area contributed by atoms with E-state index in [4.69, 9.17) is 0 Å². The van der Waals surface area contributed by atoms with Crippen LogP contribution in [-0.4, -0.2) is 0 Å². The second kappa shape index (κ2) is 8.96. The average Bonchev–Trinajstić information content (AvgIpc) is 2.03. The molecule has 0 rings (SSSR count). The molecule has 0 saturated carbocycles. The highest BCUT2D eigenvalue weighted by Crippen LogP contribution is 1.83. The number of hydrogen-bond acceptors (Lipinski definition) is 0. The van der Waals surface area contributed by atoms with Crippen LogP contribution in [0.2, 0.25) is 0 Å². The van der Waals surface area contributed by atoms with Crippen molar-refractivity contribution in [3.8, 4) is 0 Å². The summed E-state index contributed by atoms with van der Waals surface area (Å²) < 4.78 is 0. The predicted octanol–water partition coefficient (Wildman–Crippen LogP) is 3.64. The normalized spacial score (nSPS) is 13.3. The van der Waals surface area contributed by atoms with E-state index in [1.807, 2.05) is 43.4 Å². The standard InChI is InChI=1S/C11H16/c1-3-5-7-9-11-10-8-6-4-2/h3,5-11H,4H2,1-2H3. The lowest BCUT2D eigenvalue weighted by molar-refractivity contribution is 1.22. The smallest absolute Gasteiger partial charge is 0.0376 e. The van der Waals surface area contributed by atoms with Crippen LogP contribution in [0.3, 0.4) is 0 Å². The molecular formula is C11H16. The molecule has 0 fully saturated rings. The zero-order valence-electron chi connectivity index (χ0n) is 7.33. The second-order valence-electron chi connectivity index (χ2n) is 2.13. The minimum atomic E-state index is 1.10. The zero-order chi connectivity index (χ0) is 8.36. The molecule has 0 aromatic rings. The van der Waals surface area contributed by atoms with E-state index in [1.54, 1.807) is 0 Å². The Kier molecular flexibility index (Phi) is 8.11. The van der Waals surface area contributed by atoms with Crippen molar-refractivity contribution in [1.82, 2.24) is 0 Å². The van der Waals surface area contributed by atoms with Gasteiger partial charge < -0.3 is 0 Å². The summed E-state index contributed by atoms with van der Waals surface area (Å²) in [6, 6.07) is 0. The third-order valence-corrected chi connectivity index (χ3v) is 1.12. The van der Waals surface area contributed by atoms with Crippen molar-refractivity contribution in [2.45, 2.75) is 20.3 Å². The van der Waals surface area contributed by atoms with Crippen LogP contribution in [0.5, 0.6) is 0 Å². The second-order valence-corrected chi connectivity index (χ2v) is 2.13. The molecule has 0 bridgehead atoms. The largest absolute Gasteiger partial charge is 0.0877 e. The molecule has 0 heterocycles. The maximum atomic E-state index is 2.12. The van der Waals surface area contributed by atoms with Crippen molar-refractivity contribution in [1.29, 1.82) is 0 Å². The highest BCUT2D eigenvalue weighted by molar-refractivity contribution is 5.14. The van der Waals surface area contributed by atoms with E-state index in [1.165, 1.54) is 0 Å². The third-order valence-electron chi connectivity index (χ3n) is 1.12. The Hall–Kier alpha value is -1.04. The molecule has 0 aromatic carbocycles. The lowest BCUT2D eigenvalue weighted by Gasteiger charge is -1.74. The van der Waals surface area contributed by atoms with Gasteiger partial charge in [0, 0.05) is 0 Å². The first-order valence-corrected chi connectivity index (χ1v) is 4.03. The van der Waals surface area contributed by atoms with Crippen molar-refractivity contribution in [2.75, 3.05) is 0 Å². The quantitative estimate of drug-likeness (QED) is 0.534. The van der Waals surface area contributed by atoms with Gasteiger partial charge in [-0.3, -0.25) is 0 Å². The molecule has 0 aliphatic carbocycles. The zero-order valence-corrected chi connectivity index (χ0v) is 7.33. The summed E-state index contributed by atoms with van der Waals surface area (Å²) in [5.41, 5.74) is 0. The Morgan fingerprint density at radius 3 is 1.91 bits per heavy atom. The fourth-order valence-corrected chi connectivity index (χ4v) is 0.582. The summed E-state index contributed by atoms with van der Waals surface area (Å²) in [6.45, 7) is 4.13. The molecule has 0 atom stereocenters. The fraction of sp³-hybridized carbons (Fsp3) is 0.273. The number of allylic oxidation sites excluding steroid dienone is 8. The van der Waals surface area contributed by atoms with Crippen LogP contribution in [0, 0.1) is 0 Å². The van der Waals surface area contributed by atoms with Gasteiger partial charge >= 0.3 is 0 Å². The van der Waals surface area contributed by atoms with Crippen LogP contribution in [0.1, 0.15) is 20.3 Å². The van der Waals surface area contributed by atoms with Gasteiger partial charge in [-0.15, -0.1) is 0 Å². The molecule has 60 valence electrons. The summed E-state index contributed by atoms with van der Waals surface area (Å²) in [5.74, 6) is 0. The van der Waals surface area contributed by atoms with E-state index < -0.39 is 0 Å². The molecule has 0 heteroatoms. The molecule has 11 heavy (non-hydrogen) atoms. The van der Waals surface area contributed by atoms with Crippen LogP contribution in [-0.2, 0) is 0 Å². The van der Waals surface area contributed by atoms with E-state index >= 15 is 0 Å². The molecule has 0 N–H and O–H groups in total. The molecule has 0 amide bonds. The van der Waals surface area contributed by atoms with E-state index in [2.05, 4.69) is 19.1 Å². The summed E-state index contributed by atoms with van der Waals surface area (Å²) in [6.07, 6.45) is 17.4. The van der Waals surface area contributed by atoms with E-state index in [-0.39, 0.29) is 0 Å². The Morgan fingerprint density at radius 1 is 0.818 bits per heavy atom. The minimum absolute atomic E-state index is 1.10. The topological polar surface area (TPSA) is 0 Å². The maximum Gasteiger partial charge on any atom is -0.0376 e. The maximum absolute atomic E-state index is 2.12. The SMILES string of the molecule is CC=CC=CC=CC=CCC. The lowest BCUT2D eigenvalue weighted by Crippen LogP contribution is -1.52. The van der Waals surface area contributed by atoms with Gasteiger partial charge in [0.05, 0.1) is 0 Å². The lowest BCUT2D eigenvalue weighted by atomic mass is 10.3. The summed E-state index contributed by atoms with van der Waals surface area (Å²) in [4.78, 5) is 0.